The predicted octanol–water partition coefficient (Wildman–Crippen LogP) is 0.125. The molecule has 0 atom stereocenters. The van der Waals surface area contributed by atoms with E-state index in [1.54, 1.807) is 12.4 Å². The summed E-state index contributed by atoms with van der Waals surface area (Å²) in [6.07, 6.45) is 5.02. The third-order valence-electron chi connectivity index (χ3n) is 3.28. The standard InChI is InChI=1S/C13H21N5O/c1-14-5-2-4-12(19)17-8-10-18(11-9-17)13-15-6-3-7-16-13/h3,6-7,14H,2,4-5,8-11H2,1H3. The van der Waals surface area contributed by atoms with E-state index in [9.17, 15) is 4.79 Å². The van der Waals surface area contributed by atoms with Gasteiger partial charge in [0.1, 0.15) is 0 Å². The highest BCUT2D eigenvalue weighted by atomic mass is 16.2. The lowest BCUT2D eigenvalue weighted by Crippen LogP contribution is -2.49. The molecule has 0 saturated carbocycles. The Morgan fingerprint density at radius 1 is 1.26 bits per heavy atom. The molecule has 0 radical (unpaired) electrons. The summed E-state index contributed by atoms with van der Waals surface area (Å²) in [5.41, 5.74) is 0. The van der Waals surface area contributed by atoms with Crippen LogP contribution < -0.4 is 10.2 Å². The molecule has 1 aliphatic heterocycles. The van der Waals surface area contributed by atoms with E-state index in [4.69, 9.17) is 0 Å². The number of carbonyl (C=O) groups is 1. The van der Waals surface area contributed by atoms with E-state index < -0.39 is 0 Å². The topological polar surface area (TPSA) is 61.4 Å². The molecule has 0 bridgehead atoms. The van der Waals surface area contributed by atoms with Gasteiger partial charge in [-0.15, -0.1) is 0 Å². The summed E-state index contributed by atoms with van der Waals surface area (Å²) in [5.74, 6) is 1.01. The van der Waals surface area contributed by atoms with Crippen LogP contribution in [0.4, 0.5) is 5.95 Å². The second-order valence-corrected chi connectivity index (χ2v) is 4.62. The Bertz CT molecular complexity index is 389. The highest BCUT2D eigenvalue weighted by Crippen LogP contribution is 2.10. The van der Waals surface area contributed by atoms with Gasteiger partial charge in [-0.25, -0.2) is 9.97 Å². The zero-order valence-electron chi connectivity index (χ0n) is 11.4. The Hall–Kier alpha value is -1.69. The summed E-state index contributed by atoms with van der Waals surface area (Å²) in [5, 5.41) is 3.06. The molecule has 19 heavy (non-hydrogen) atoms. The van der Waals surface area contributed by atoms with E-state index in [1.165, 1.54) is 0 Å². The summed E-state index contributed by atoms with van der Waals surface area (Å²) in [6, 6.07) is 1.81. The molecule has 1 N–H and O–H groups in total. The lowest BCUT2D eigenvalue weighted by atomic mass is 10.2. The van der Waals surface area contributed by atoms with E-state index in [2.05, 4.69) is 20.2 Å². The maximum atomic E-state index is 12.0. The van der Waals surface area contributed by atoms with Gasteiger partial charge in [0.25, 0.3) is 0 Å². The van der Waals surface area contributed by atoms with Gasteiger partial charge in [0.15, 0.2) is 0 Å². The molecular formula is C13H21N5O. The summed E-state index contributed by atoms with van der Waals surface area (Å²) in [7, 11) is 1.91. The van der Waals surface area contributed by atoms with Crippen molar-refractivity contribution >= 4 is 11.9 Å². The van der Waals surface area contributed by atoms with Crippen LogP contribution in [0.15, 0.2) is 18.5 Å². The molecule has 1 fully saturated rings. The minimum atomic E-state index is 0.254. The Balaban J connectivity index is 1.77. The summed E-state index contributed by atoms with van der Waals surface area (Å²) in [4.78, 5) is 24.5. The average Bonchev–Trinajstić information content (AvgIpc) is 2.48. The predicted molar refractivity (Wildman–Crippen MR) is 74.0 cm³/mol. The highest BCUT2D eigenvalue weighted by molar-refractivity contribution is 5.76. The number of rotatable bonds is 5. The first-order chi connectivity index (χ1) is 9.31. The number of carbonyl (C=O) groups excluding carboxylic acids is 1. The number of nitrogens with zero attached hydrogens (tertiary/aromatic N) is 4. The lowest BCUT2D eigenvalue weighted by Gasteiger charge is -2.34. The summed E-state index contributed by atoms with van der Waals surface area (Å²) >= 11 is 0. The van der Waals surface area contributed by atoms with Crippen molar-refractivity contribution in [3.8, 4) is 0 Å². The fourth-order valence-corrected chi connectivity index (χ4v) is 2.18. The van der Waals surface area contributed by atoms with Crippen LogP contribution in [0.5, 0.6) is 0 Å². The second-order valence-electron chi connectivity index (χ2n) is 4.62. The van der Waals surface area contributed by atoms with Gasteiger partial charge in [0.05, 0.1) is 0 Å². The SMILES string of the molecule is CNCCCC(=O)N1CCN(c2ncccn2)CC1. The summed E-state index contributed by atoms with van der Waals surface area (Å²) < 4.78 is 0. The third kappa shape index (κ3) is 3.89. The van der Waals surface area contributed by atoms with Crippen LogP contribution in [0.25, 0.3) is 0 Å². The quantitative estimate of drug-likeness (QED) is 0.765. The maximum absolute atomic E-state index is 12.0. The normalized spacial score (nSPS) is 15.6. The molecule has 104 valence electrons. The molecule has 1 saturated heterocycles. The molecule has 2 heterocycles. The van der Waals surface area contributed by atoms with Crippen molar-refractivity contribution in [3.63, 3.8) is 0 Å². The van der Waals surface area contributed by atoms with Crippen LogP contribution in [-0.4, -0.2) is 60.5 Å². The minimum absolute atomic E-state index is 0.254. The van der Waals surface area contributed by atoms with Crippen LogP contribution in [0.3, 0.4) is 0 Å². The number of amides is 1. The van der Waals surface area contributed by atoms with Crippen molar-refractivity contribution in [2.75, 3.05) is 44.7 Å². The van der Waals surface area contributed by atoms with Crippen LogP contribution in [-0.2, 0) is 4.79 Å². The number of hydrogen-bond donors (Lipinski definition) is 1. The van der Waals surface area contributed by atoms with Crippen molar-refractivity contribution < 1.29 is 4.79 Å². The Labute approximate surface area is 113 Å². The van der Waals surface area contributed by atoms with Crippen molar-refractivity contribution in [1.29, 1.82) is 0 Å². The average molecular weight is 263 g/mol. The number of anilines is 1. The molecule has 0 spiro atoms. The number of piperazine rings is 1. The van der Waals surface area contributed by atoms with Crippen LogP contribution in [0.2, 0.25) is 0 Å². The molecule has 0 aromatic carbocycles. The van der Waals surface area contributed by atoms with Gasteiger partial charge in [-0.2, -0.15) is 0 Å². The van der Waals surface area contributed by atoms with Crippen molar-refractivity contribution in [2.24, 2.45) is 0 Å². The Morgan fingerprint density at radius 2 is 1.95 bits per heavy atom. The molecule has 1 aromatic rings. The third-order valence-corrected chi connectivity index (χ3v) is 3.28. The van der Waals surface area contributed by atoms with E-state index in [-0.39, 0.29) is 5.91 Å². The molecule has 1 aromatic heterocycles. The first-order valence-corrected chi connectivity index (χ1v) is 6.75. The van der Waals surface area contributed by atoms with Gasteiger partial charge in [-0.3, -0.25) is 4.79 Å². The van der Waals surface area contributed by atoms with Crippen molar-refractivity contribution in [2.45, 2.75) is 12.8 Å². The smallest absolute Gasteiger partial charge is 0.225 e. The van der Waals surface area contributed by atoms with Gasteiger partial charge in [0.2, 0.25) is 11.9 Å². The Kier molecular flexibility index (Phi) is 5.09. The second kappa shape index (κ2) is 7.04. The highest BCUT2D eigenvalue weighted by Gasteiger charge is 2.21. The molecule has 0 aliphatic carbocycles. The van der Waals surface area contributed by atoms with E-state index in [0.29, 0.717) is 6.42 Å². The maximum Gasteiger partial charge on any atom is 0.225 e. The van der Waals surface area contributed by atoms with Gasteiger partial charge in [-0.1, -0.05) is 0 Å². The number of nitrogens with one attached hydrogen (secondary N) is 1. The first kappa shape index (κ1) is 13.7. The van der Waals surface area contributed by atoms with E-state index >= 15 is 0 Å². The number of hydrogen-bond acceptors (Lipinski definition) is 5. The monoisotopic (exact) mass is 263 g/mol. The van der Waals surface area contributed by atoms with Crippen molar-refractivity contribution in [3.05, 3.63) is 18.5 Å². The first-order valence-electron chi connectivity index (χ1n) is 6.75. The number of aromatic nitrogens is 2. The van der Waals surface area contributed by atoms with Gasteiger partial charge < -0.3 is 15.1 Å². The van der Waals surface area contributed by atoms with E-state index in [1.807, 2.05) is 18.0 Å². The molecule has 2 rings (SSSR count). The molecular weight excluding hydrogens is 242 g/mol. The van der Waals surface area contributed by atoms with Crippen LogP contribution in [0, 0.1) is 0 Å². The molecule has 1 aliphatic rings. The van der Waals surface area contributed by atoms with Gasteiger partial charge in [0, 0.05) is 45.0 Å². The lowest BCUT2D eigenvalue weighted by molar-refractivity contribution is -0.131. The van der Waals surface area contributed by atoms with Crippen molar-refractivity contribution in [1.82, 2.24) is 20.2 Å². The van der Waals surface area contributed by atoms with E-state index in [0.717, 1.165) is 45.1 Å². The largest absolute Gasteiger partial charge is 0.339 e. The van der Waals surface area contributed by atoms with Gasteiger partial charge in [-0.05, 0) is 26.1 Å². The van der Waals surface area contributed by atoms with Gasteiger partial charge >= 0.3 is 0 Å². The Morgan fingerprint density at radius 3 is 2.58 bits per heavy atom. The van der Waals surface area contributed by atoms with Crippen LogP contribution in [0.1, 0.15) is 12.8 Å². The molecule has 6 heteroatoms. The fourth-order valence-electron chi connectivity index (χ4n) is 2.18. The molecule has 0 unspecified atom stereocenters. The zero-order valence-corrected chi connectivity index (χ0v) is 11.4. The van der Waals surface area contributed by atoms with Crippen LogP contribution >= 0.6 is 0 Å². The molecule has 6 nitrogen and oxygen atoms in total. The zero-order chi connectivity index (χ0) is 13.5. The summed E-state index contributed by atoms with van der Waals surface area (Å²) in [6.45, 7) is 4.03. The minimum Gasteiger partial charge on any atom is -0.339 e. The fraction of sp³-hybridized carbons (Fsp3) is 0.615. The molecule has 1 amide bonds.